The van der Waals surface area contributed by atoms with Gasteiger partial charge in [-0.1, -0.05) is 0 Å². The van der Waals surface area contributed by atoms with Crippen LogP contribution in [0.5, 0.6) is 0 Å². The molecule has 0 bridgehead atoms. The molecule has 2 aliphatic rings. The minimum absolute atomic E-state index is 0.166. The predicted octanol–water partition coefficient (Wildman–Crippen LogP) is 2.86. The van der Waals surface area contributed by atoms with E-state index in [1.165, 1.54) is 18.2 Å². The number of anilines is 1. The van der Waals surface area contributed by atoms with Gasteiger partial charge < -0.3 is 20.0 Å². The van der Waals surface area contributed by atoms with Crippen LogP contribution >= 0.6 is 0 Å². The average Bonchev–Trinajstić information content (AvgIpc) is 2.78. The maximum absolute atomic E-state index is 14.3. The number of carboxylic acid groups (broad SMARTS) is 1. The number of aliphatic hydroxyl groups excluding tert-OH is 1. The third-order valence-electron chi connectivity index (χ3n) is 6.22. The van der Waals surface area contributed by atoms with Gasteiger partial charge in [-0.2, -0.15) is 0 Å². The molecule has 9 heteroatoms. The number of halogens is 2. The summed E-state index contributed by atoms with van der Waals surface area (Å²) >= 11 is 0. The summed E-state index contributed by atoms with van der Waals surface area (Å²) in [6.45, 7) is 3.31. The SMILES string of the molecule is Cc1cc(C(=O)N2CCC[C@]3(C2)CN(c2ncccc2F)CC[C@H]3O)ccc1F.O=CO. The number of hydrogen-bond acceptors (Lipinski definition) is 5. The Hall–Kier alpha value is -3.07. The van der Waals surface area contributed by atoms with E-state index < -0.39 is 11.5 Å². The molecule has 1 aromatic carbocycles. The first kappa shape index (κ1) is 23.6. The quantitative estimate of drug-likeness (QED) is 0.688. The summed E-state index contributed by atoms with van der Waals surface area (Å²) in [7, 11) is 0. The molecule has 0 aliphatic carbocycles. The van der Waals surface area contributed by atoms with E-state index in [9.17, 15) is 18.7 Å². The van der Waals surface area contributed by atoms with Crippen molar-refractivity contribution in [1.29, 1.82) is 0 Å². The maximum atomic E-state index is 14.3. The molecule has 7 nitrogen and oxygen atoms in total. The number of nitrogens with zero attached hydrogens (tertiary/aromatic N) is 3. The lowest BCUT2D eigenvalue weighted by atomic mass is 9.71. The third kappa shape index (κ3) is 4.88. The molecule has 2 aliphatic heterocycles. The first-order chi connectivity index (χ1) is 15.3. The van der Waals surface area contributed by atoms with Crippen LogP contribution in [0.2, 0.25) is 0 Å². The number of aromatic nitrogens is 1. The number of pyridine rings is 1. The van der Waals surface area contributed by atoms with Crippen LogP contribution in [0.4, 0.5) is 14.6 Å². The molecule has 172 valence electrons. The molecular weight excluding hydrogens is 420 g/mol. The minimum Gasteiger partial charge on any atom is -0.483 e. The Morgan fingerprint density at radius 1 is 1.22 bits per heavy atom. The van der Waals surface area contributed by atoms with Gasteiger partial charge in [-0.05, 0) is 62.1 Å². The van der Waals surface area contributed by atoms with Gasteiger partial charge in [0.2, 0.25) is 0 Å². The highest BCUT2D eigenvalue weighted by molar-refractivity contribution is 5.94. The van der Waals surface area contributed by atoms with Gasteiger partial charge in [0.15, 0.2) is 11.6 Å². The number of amides is 1. The third-order valence-corrected chi connectivity index (χ3v) is 6.22. The van der Waals surface area contributed by atoms with E-state index >= 15 is 0 Å². The lowest BCUT2D eigenvalue weighted by Crippen LogP contribution is -2.60. The van der Waals surface area contributed by atoms with Gasteiger partial charge in [-0.3, -0.25) is 9.59 Å². The van der Waals surface area contributed by atoms with E-state index in [1.54, 1.807) is 30.2 Å². The molecule has 1 aromatic heterocycles. The molecule has 2 atom stereocenters. The number of aryl methyl sites for hydroxylation is 1. The Morgan fingerprint density at radius 2 is 1.97 bits per heavy atom. The van der Waals surface area contributed by atoms with E-state index in [4.69, 9.17) is 9.90 Å². The van der Waals surface area contributed by atoms with Crippen LogP contribution in [-0.2, 0) is 4.79 Å². The molecule has 2 N–H and O–H groups in total. The second-order valence-electron chi connectivity index (χ2n) is 8.30. The van der Waals surface area contributed by atoms with Gasteiger partial charge in [0, 0.05) is 43.4 Å². The number of aliphatic hydroxyl groups is 1. The summed E-state index contributed by atoms with van der Waals surface area (Å²) in [4.78, 5) is 29.2. The van der Waals surface area contributed by atoms with Crippen LogP contribution in [-0.4, -0.2) is 64.8 Å². The number of likely N-dealkylation sites (tertiary alicyclic amines) is 1. The highest BCUT2D eigenvalue weighted by Crippen LogP contribution is 2.40. The molecule has 4 rings (SSSR count). The second-order valence-corrected chi connectivity index (χ2v) is 8.30. The van der Waals surface area contributed by atoms with Crippen LogP contribution < -0.4 is 4.90 Å². The van der Waals surface area contributed by atoms with Crippen molar-refractivity contribution in [3.05, 3.63) is 59.3 Å². The first-order valence-corrected chi connectivity index (χ1v) is 10.5. The van der Waals surface area contributed by atoms with Crippen molar-refractivity contribution in [2.45, 2.75) is 32.3 Å². The van der Waals surface area contributed by atoms with Crippen LogP contribution in [0.25, 0.3) is 0 Å². The van der Waals surface area contributed by atoms with Gasteiger partial charge in [-0.25, -0.2) is 13.8 Å². The fourth-order valence-electron chi connectivity index (χ4n) is 4.63. The lowest BCUT2D eigenvalue weighted by molar-refractivity contribution is -0.122. The second kappa shape index (κ2) is 10.0. The summed E-state index contributed by atoms with van der Waals surface area (Å²) in [5.74, 6) is -0.603. The molecule has 32 heavy (non-hydrogen) atoms. The number of carbonyl (C=O) groups is 2. The number of rotatable bonds is 2. The van der Waals surface area contributed by atoms with Crippen molar-refractivity contribution in [2.24, 2.45) is 5.41 Å². The summed E-state index contributed by atoms with van der Waals surface area (Å²) in [6, 6.07) is 7.31. The van der Waals surface area contributed by atoms with Crippen molar-refractivity contribution < 1.29 is 28.6 Å². The van der Waals surface area contributed by atoms with Crippen molar-refractivity contribution >= 4 is 18.2 Å². The molecule has 0 saturated carbocycles. The van der Waals surface area contributed by atoms with Gasteiger partial charge in [0.1, 0.15) is 5.82 Å². The van der Waals surface area contributed by atoms with Gasteiger partial charge in [0.05, 0.1) is 6.10 Å². The molecule has 0 unspecified atom stereocenters. The van der Waals surface area contributed by atoms with Crippen molar-refractivity contribution in [2.75, 3.05) is 31.1 Å². The Kier molecular flexibility index (Phi) is 7.40. The molecule has 2 aromatic rings. The topological polar surface area (TPSA) is 94.0 Å². The zero-order chi connectivity index (χ0) is 23.3. The van der Waals surface area contributed by atoms with E-state index in [2.05, 4.69) is 4.98 Å². The van der Waals surface area contributed by atoms with Crippen molar-refractivity contribution in [3.63, 3.8) is 0 Å². The first-order valence-electron chi connectivity index (χ1n) is 10.5. The van der Waals surface area contributed by atoms with Crippen LogP contribution in [0.1, 0.15) is 35.2 Å². The molecule has 1 spiro atoms. The molecule has 2 fully saturated rings. The summed E-state index contributed by atoms with van der Waals surface area (Å²) in [5.41, 5.74) is 0.335. The van der Waals surface area contributed by atoms with E-state index in [1.807, 2.05) is 4.90 Å². The maximum Gasteiger partial charge on any atom is 0.290 e. The van der Waals surface area contributed by atoms with Crippen molar-refractivity contribution in [3.8, 4) is 0 Å². The highest BCUT2D eigenvalue weighted by atomic mass is 19.1. The van der Waals surface area contributed by atoms with Crippen LogP contribution in [0.15, 0.2) is 36.5 Å². The lowest BCUT2D eigenvalue weighted by Gasteiger charge is -2.51. The van der Waals surface area contributed by atoms with Gasteiger partial charge >= 0.3 is 0 Å². The average molecular weight is 447 g/mol. The number of benzene rings is 1. The predicted molar refractivity (Wildman–Crippen MR) is 114 cm³/mol. The van der Waals surface area contributed by atoms with Gasteiger partial charge in [0.25, 0.3) is 12.4 Å². The zero-order valence-electron chi connectivity index (χ0n) is 17.9. The number of hydrogen-bond donors (Lipinski definition) is 2. The summed E-state index contributed by atoms with van der Waals surface area (Å²) < 4.78 is 27.8. The van der Waals surface area contributed by atoms with Crippen LogP contribution in [0.3, 0.4) is 0 Å². The normalized spacial score (nSPS) is 22.8. The van der Waals surface area contributed by atoms with E-state index in [0.717, 1.165) is 12.8 Å². The molecule has 2 saturated heterocycles. The Bertz CT molecular complexity index is 974. The molecule has 1 amide bonds. The van der Waals surface area contributed by atoms with Crippen LogP contribution in [0, 0.1) is 24.0 Å². The highest BCUT2D eigenvalue weighted by Gasteiger charge is 2.47. The number of carbonyl (C=O) groups excluding carboxylic acids is 1. The summed E-state index contributed by atoms with van der Waals surface area (Å²) in [5, 5.41) is 17.7. The van der Waals surface area contributed by atoms with E-state index in [-0.39, 0.29) is 29.8 Å². The molecular formula is C23H27F2N3O4. The molecule has 0 radical (unpaired) electrons. The van der Waals surface area contributed by atoms with E-state index in [0.29, 0.717) is 43.7 Å². The van der Waals surface area contributed by atoms with Gasteiger partial charge in [-0.15, -0.1) is 0 Å². The smallest absolute Gasteiger partial charge is 0.290 e. The Balaban J connectivity index is 0.000000913. The Morgan fingerprint density at radius 3 is 2.66 bits per heavy atom. The standard InChI is InChI=1S/C22H25F2N3O2.CH2O2/c1-15-12-16(5-6-17(15)23)21(29)27-10-3-8-22(14-27)13-26(11-7-19(22)28)20-18(24)4-2-9-25-20;2-1-3/h2,4-6,9,12,19,28H,3,7-8,10-11,13-14H2,1H3;1H,(H,2,3)/t19-,22-;/m1./s1. The molecule has 3 heterocycles. The summed E-state index contributed by atoms with van der Waals surface area (Å²) in [6.07, 6.45) is 2.99. The van der Waals surface area contributed by atoms with Crippen molar-refractivity contribution in [1.82, 2.24) is 9.88 Å². The zero-order valence-corrected chi connectivity index (χ0v) is 17.9. The fourth-order valence-corrected chi connectivity index (χ4v) is 4.63. The monoisotopic (exact) mass is 447 g/mol. The fraction of sp³-hybridized carbons (Fsp3) is 0.435. The Labute approximate surface area is 185 Å². The minimum atomic E-state index is -0.573. The largest absolute Gasteiger partial charge is 0.483 e. The number of piperidine rings is 2.